The van der Waals surface area contributed by atoms with Crippen molar-refractivity contribution in [2.75, 3.05) is 0 Å². The van der Waals surface area contributed by atoms with Gasteiger partial charge in [-0.15, -0.1) is 0 Å². The Morgan fingerprint density at radius 3 is 2.49 bits per heavy atom. The van der Waals surface area contributed by atoms with E-state index in [9.17, 15) is 4.79 Å². The average molecular weight is 479 g/mol. The highest BCUT2D eigenvalue weighted by Gasteiger charge is 2.17. The highest BCUT2D eigenvalue weighted by molar-refractivity contribution is 6.30. The van der Waals surface area contributed by atoms with E-state index in [2.05, 4.69) is 21.9 Å². The minimum Gasteiger partial charge on any atom is -0.449 e. The highest BCUT2D eigenvalue weighted by Crippen LogP contribution is 2.26. The molecule has 0 atom stereocenters. The first-order chi connectivity index (χ1) is 17.1. The van der Waals surface area contributed by atoms with Gasteiger partial charge in [0, 0.05) is 28.5 Å². The number of rotatable bonds is 4. The average Bonchev–Trinajstić information content (AvgIpc) is 3.41. The van der Waals surface area contributed by atoms with Crippen LogP contribution in [0, 0.1) is 18.8 Å². The molecule has 0 aliphatic heterocycles. The quantitative estimate of drug-likeness (QED) is 0.317. The number of aromatic nitrogens is 4. The van der Waals surface area contributed by atoms with Crippen molar-refractivity contribution in [3.8, 4) is 34.7 Å². The second-order valence-electron chi connectivity index (χ2n) is 7.72. The molecule has 0 unspecified atom stereocenters. The number of halogens is 1. The molecule has 0 saturated heterocycles. The molecule has 6 nitrogen and oxygen atoms in total. The van der Waals surface area contributed by atoms with Crippen LogP contribution in [0.2, 0.25) is 5.02 Å². The zero-order chi connectivity index (χ0) is 24.2. The van der Waals surface area contributed by atoms with Gasteiger partial charge in [-0.3, -0.25) is 4.79 Å². The van der Waals surface area contributed by atoms with Crippen molar-refractivity contribution in [1.29, 1.82) is 0 Å². The standard InChI is InChI=1S/C28H19ClN4O2/c1-20-17-25(14-9-22(20)8-7-21-5-3-2-4-6-21)35-27-26(32-16-15-30-19-32)18-31-33(28(27)34)24-12-10-23(29)11-13-24/h2-6,9-19H,1H3. The smallest absolute Gasteiger partial charge is 0.316 e. The molecule has 0 fully saturated rings. The Bertz CT molecular complexity index is 1600. The molecule has 5 rings (SSSR count). The molecule has 0 amide bonds. The number of hydrogen-bond acceptors (Lipinski definition) is 4. The van der Waals surface area contributed by atoms with E-state index in [4.69, 9.17) is 16.3 Å². The van der Waals surface area contributed by atoms with Crippen LogP contribution in [0.5, 0.6) is 11.5 Å². The van der Waals surface area contributed by atoms with Crippen molar-refractivity contribution >= 4 is 11.6 Å². The van der Waals surface area contributed by atoms with Crippen molar-refractivity contribution in [2.24, 2.45) is 0 Å². The second kappa shape index (κ2) is 9.72. The summed E-state index contributed by atoms with van der Waals surface area (Å²) in [4.78, 5) is 17.6. The molecule has 0 radical (unpaired) electrons. The molecule has 3 aromatic carbocycles. The fourth-order valence-corrected chi connectivity index (χ4v) is 3.62. The lowest BCUT2D eigenvalue weighted by Crippen LogP contribution is -2.23. The molecule has 35 heavy (non-hydrogen) atoms. The van der Waals surface area contributed by atoms with E-state index in [0.29, 0.717) is 22.1 Å². The summed E-state index contributed by atoms with van der Waals surface area (Å²) in [5.74, 6) is 7.00. The number of aryl methyl sites for hydroxylation is 1. The molecule has 5 aromatic rings. The van der Waals surface area contributed by atoms with E-state index in [1.807, 2.05) is 49.4 Å². The number of imidazole rings is 1. The summed E-state index contributed by atoms with van der Waals surface area (Å²) in [5, 5.41) is 4.90. The van der Waals surface area contributed by atoms with Crippen molar-refractivity contribution in [3.63, 3.8) is 0 Å². The zero-order valence-corrected chi connectivity index (χ0v) is 19.5. The van der Waals surface area contributed by atoms with Gasteiger partial charge in [0.2, 0.25) is 5.75 Å². The number of hydrogen-bond donors (Lipinski definition) is 0. The van der Waals surface area contributed by atoms with Crippen molar-refractivity contribution in [1.82, 2.24) is 19.3 Å². The van der Waals surface area contributed by atoms with Gasteiger partial charge >= 0.3 is 5.56 Å². The van der Waals surface area contributed by atoms with Crippen LogP contribution in [0.15, 0.2) is 103 Å². The summed E-state index contributed by atoms with van der Waals surface area (Å²) in [7, 11) is 0. The van der Waals surface area contributed by atoms with Gasteiger partial charge < -0.3 is 9.30 Å². The molecule has 170 valence electrons. The van der Waals surface area contributed by atoms with E-state index in [1.165, 1.54) is 4.68 Å². The first-order valence-corrected chi connectivity index (χ1v) is 11.2. The van der Waals surface area contributed by atoms with Gasteiger partial charge in [0.05, 0.1) is 18.2 Å². The van der Waals surface area contributed by atoms with Crippen LogP contribution in [0.1, 0.15) is 16.7 Å². The molecular formula is C28H19ClN4O2. The number of ether oxygens (including phenoxy) is 1. The Balaban J connectivity index is 1.53. The maximum Gasteiger partial charge on any atom is 0.316 e. The first kappa shape index (κ1) is 22.2. The van der Waals surface area contributed by atoms with Crippen LogP contribution in [0.3, 0.4) is 0 Å². The third-order valence-electron chi connectivity index (χ3n) is 5.30. The highest BCUT2D eigenvalue weighted by atomic mass is 35.5. The molecule has 7 heteroatoms. The predicted molar refractivity (Wildman–Crippen MR) is 136 cm³/mol. The SMILES string of the molecule is Cc1cc(Oc2c(-n3ccnc3)cnn(-c3ccc(Cl)cc3)c2=O)ccc1C#Cc1ccccc1. The van der Waals surface area contributed by atoms with Crippen LogP contribution in [-0.2, 0) is 0 Å². The van der Waals surface area contributed by atoms with Crippen LogP contribution < -0.4 is 10.3 Å². The van der Waals surface area contributed by atoms with E-state index >= 15 is 0 Å². The summed E-state index contributed by atoms with van der Waals surface area (Å²) < 4.78 is 9.11. The third-order valence-corrected chi connectivity index (χ3v) is 5.55. The van der Waals surface area contributed by atoms with Crippen molar-refractivity contribution in [3.05, 3.63) is 130 Å². The van der Waals surface area contributed by atoms with Crippen LogP contribution in [0.4, 0.5) is 0 Å². The summed E-state index contributed by atoms with van der Waals surface area (Å²) in [6.07, 6.45) is 6.51. The van der Waals surface area contributed by atoms with Crippen LogP contribution in [0.25, 0.3) is 11.4 Å². The largest absolute Gasteiger partial charge is 0.449 e. The molecule has 2 aromatic heterocycles. The third kappa shape index (κ3) is 4.86. The van der Waals surface area contributed by atoms with Crippen molar-refractivity contribution in [2.45, 2.75) is 6.92 Å². The predicted octanol–water partition coefficient (Wildman–Crippen LogP) is 5.57. The molecule has 0 bridgehead atoms. The fourth-order valence-electron chi connectivity index (χ4n) is 3.50. The molecule has 0 spiro atoms. The number of nitrogens with zero attached hydrogens (tertiary/aromatic N) is 4. The molecule has 0 N–H and O–H groups in total. The Kier molecular flexibility index (Phi) is 6.16. The van der Waals surface area contributed by atoms with E-state index < -0.39 is 5.56 Å². The van der Waals surface area contributed by atoms with Gasteiger partial charge in [-0.1, -0.05) is 41.6 Å². The van der Waals surface area contributed by atoms with Gasteiger partial charge in [-0.25, -0.2) is 4.98 Å². The fraction of sp³-hybridized carbons (Fsp3) is 0.0357. The topological polar surface area (TPSA) is 61.9 Å². The molecule has 0 aliphatic rings. The molecule has 2 heterocycles. The van der Waals surface area contributed by atoms with E-state index in [-0.39, 0.29) is 5.75 Å². The normalized spacial score (nSPS) is 10.5. The van der Waals surface area contributed by atoms with Gasteiger partial charge in [-0.05, 0) is 67.1 Å². The first-order valence-electron chi connectivity index (χ1n) is 10.8. The summed E-state index contributed by atoms with van der Waals surface area (Å²) in [5.41, 5.74) is 3.39. The van der Waals surface area contributed by atoms with Crippen molar-refractivity contribution < 1.29 is 4.74 Å². The second-order valence-corrected chi connectivity index (χ2v) is 8.15. The summed E-state index contributed by atoms with van der Waals surface area (Å²) >= 11 is 6.00. The lowest BCUT2D eigenvalue weighted by Gasteiger charge is -2.14. The molecular weight excluding hydrogens is 460 g/mol. The van der Waals surface area contributed by atoms with Gasteiger partial charge in [0.1, 0.15) is 11.4 Å². The Labute approximate surface area is 207 Å². The van der Waals surface area contributed by atoms with Crippen LogP contribution >= 0.6 is 11.6 Å². The minimum atomic E-state index is -0.413. The summed E-state index contributed by atoms with van der Waals surface area (Å²) in [6.45, 7) is 1.96. The summed E-state index contributed by atoms with van der Waals surface area (Å²) in [6, 6.07) is 22.2. The Morgan fingerprint density at radius 1 is 0.971 bits per heavy atom. The van der Waals surface area contributed by atoms with Gasteiger partial charge in [0.15, 0.2) is 0 Å². The minimum absolute atomic E-state index is 0.121. The lowest BCUT2D eigenvalue weighted by molar-refractivity contribution is 0.464. The molecule has 0 saturated carbocycles. The zero-order valence-electron chi connectivity index (χ0n) is 18.7. The number of benzene rings is 3. The van der Waals surface area contributed by atoms with Gasteiger partial charge in [-0.2, -0.15) is 9.78 Å². The Morgan fingerprint density at radius 2 is 1.77 bits per heavy atom. The Hall–Kier alpha value is -4.60. The maximum atomic E-state index is 13.5. The molecule has 0 aliphatic carbocycles. The lowest BCUT2D eigenvalue weighted by atomic mass is 10.1. The monoisotopic (exact) mass is 478 g/mol. The van der Waals surface area contributed by atoms with Gasteiger partial charge in [0.25, 0.3) is 0 Å². The van der Waals surface area contributed by atoms with E-state index in [0.717, 1.165) is 16.7 Å². The van der Waals surface area contributed by atoms with E-state index in [1.54, 1.807) is 59.8 Å². The maximum absolute atomic E-state index is 13.5. The van der Waals surface area contributed by atoms with Crippen LogP contribution in [-0.4, -0.2) is 19.3 Å².